The van der Waals surface area contributed by atoms with Gasteiger partial charge in [-0.2, -0.15) is 0 Å². The van der Waals surface area contributed by atoms with E-state index in [1.165, 1.54) is 12.8 Å². The van der Waals surface area contributed by atoms with Gasteiger partial charge in [0.15, 0.2) is 0 Å². The van der Waals surface area contributed by atoms with Gasteiger partial charge < -0.3 is 19.7 Å². The second kappa shape index (κ2) is 11.2. The average Bonchev–Trinajstić information content (AvgIpc) is 3.17. The first-order valence-electron chi connectivity index (χ1n) is 10.1. The lowest BCUT2D eigenvalue weighted by atomic mass is 10.2. The third-order valence-corrected chi connectivity index (χ3v) is 5.01. The Hall–Kier alpha value is -1.59. The highest BCUT2D eigenvalue weighted by Crippen LogP contribution is 2.23. The highest BCUT2D eigenvalue weighted by Gasteiger charge is 2.24. The summed E-state index contributed by atoms with van der Waals surface area (Å²) in [5.41, 5.74) is 0.777. The van der Waals surface area contributed by atoms with Crippen LogP contribution < -0.4 is 10.1 Å². The molecule has 26 heavy (non-hydrogen) atoms. The maximum atomic E-state index is 12.5. The molecule has 1 unspecified atom stereocenters. The van der Waals surface area contributed by atoms with Crippen LogP contribution in [0.5, 0.6) is 5.75 Å². The predicted molar refractivity (Wildman–Crippen MR) is 106 cm³/mol. The van der Waals surface area contributed by atoms with E-state index in [0.29, 0.717) is 13.0 Å². The molecule has 0 aromatic heterocycles. The van der Waals surface area contributed by atoms with Crippen LogP contribution in [0.4, 0.5) is 5.69 Å². The first-order chi connectivity index (χ1) is 12.7. The topological polar surface area (TPSA) is 50.8 Å². The third-order valence-electron chi connectivity index (χ3n) is 5.01. The molecule has 0 aliphatic heterocycles. The zero-order valence-corrected chi connectivity index (χ0v) is 16.5. The second-order valence-electron chi connectivity index (χ2n) is 6.83. The number of rotatable bonds is 11. The predicted octanol–water partition coefficient (Wildman–Crippen LogP) is 4.08. The van der Waals surface area contributed by atoms with Crippen molar-refractivity contribution in [2.75, 3.05) is 31.6 Å². The van der Waals surface area contributed by atoms with Gasteiger partial charge >= 0.3 is 0 Å². The van der Waals surface area contributed by atoms with Crippen molar-refractivity contribution >= 4 is 11.6 Å². The molecule has 1 fully saturated rings. The van der Waals surface area contributed by atoms with Crippen LogP contribution in [0.1, 0.15) is 52.9 Å². The molecule has 0 bridgehead atoms. The van der Waals surface area contributed by atoms with Gasteiger partial charge in [-0.05, 0) is 56.6 Å². The first kappa shape index (κ1) is 20.7. The van der Waals surface area contributed by atoms with Crippen LogP contribution in [0.15, 0.2) is 24.3 Å². The van der Waals surface area contributed by atoms with E-state index >= 15 is 0 Å². The van der Waals surface area contributed by atoms with Gasteiger partial charge in [-0.15, -0.1) is 0 Å². The summed E-state index contributed by atoms with van der Waals surface area (Å²) in [6.07, 6.45) is 5.12. The number of carbonyl (C=O) groups is 1. The zero-order valence-electron chi connectivity index (χ0n) is 16.5. The van der Waals surface area contributed by atoms with Crippen LogP contribution in [-0.4, -0.2) is 49.3 Å². The summed E-state index contributed by atoms with van der Waals surface area (Å²) in [5, 5.41) is 2.96. The molecule has 146 valence electrons. The number of anilines is 1. The minimum atomic E-state index is -0.372. The molecule has 2 rings (SSSR count). The Labute approximate surface area is 158 Å². The van der Waals surface area contributed by atoms with Crippen molar-refractivity contribution < 1.29 is 14.3 Å². The van der Waals surface area contributed by atoms with Gasteiger partial charge in [-0.25, -0.2) is 0 Å². The average molecular weight is 363 g/mol. The monoisotopic (exact) mass is 362 g/mol. The van der Waals surface area contributed by atoms with Gasteiger partial charge in [0.25, 0.3) is 5.91 Å². The van der Waals surface area contributed by atoms with Crippen LogP contribution in [-0.2, 0) is 9.53 Å². The van der Waals surface area contributed by atoms with Crippen molar-refractivity contribution in [1.29, 1.82) is 0 Å². The quantitative estimate of drug-likeness (QED) is 0.644. The summed E-state index contributed by atoms with van der Waals surface area (Å²) < 4.78 is 11.8. The molecule has 1 aliphatic carbocycles. The number of ether oxygens (including phenoxy) is 2. The Morgan fingerprint density at radius 2 is 1.81 bits per heavy atom. The Balaban J connectivity index is 1.78. The van der Waals surface area contributed by atoms with E-state index in [0.717, 1.165) is 43.9 Å². The summed E-state index contributed by atoms with van der Waals surface area (Å²) >= 11 is 0. The third kappa shape index (κ3) is 6.61. The van der Waals surface area contributed by atoms with E-state index in [9.17, 15) is 4.79 Å². The minimum Gasteiger partial charge on any atom is -0.492 e. The molecule has 5 heteroatoms. The normalized spacial score (nSPS) is 16.0. The van der Waals surface area contributed by atoms with Gasteiger partial charge in [0.2, 0.25) is 0 Å². The highest BCUT2D eigenvalue weighted by atomic mass is 16.5. The fourth-order valence-corrected chi connectivity index (χ4v) is 3.29. The van der Waals surface area contributed by atoms with Gasteiger partial charge in [0, 0.05) is 12.2 Å². The number of carbonyl (C=O) groups excluding carboxylic acids is 1. The number of nitrogens with one attached hydrogen (secondary N) is 1. The number of hydrogen-bond acceptors (Lipinski definition) is 4. The van der Waals surface area contributed by atoms with Crippen LogP contribution in [0.2, 0.25) is 0 Å². The van der Waals surface area contributed by atoms with Gasteiger partial charge in [0.1, 0.15) is 18.5 Å². The molecule has 1 aromatic rings. The van der Waals surface area contributed by atoms with Crippen molar-refractivity contribution in [2.24, 2.45) is 0 Å². The van der Waals surface area contributed by atoms with Gasteiger partial charge in [-0.3, -0.25) is 4.79 Å². The maximum Gasteiger partial charge on any atom is 0.253 e. The summed E-state index contributed by atoms with van der Waals surface area (Å²) in [4.78, 5) is 14.8. The van der Waals surface area contributed by atoms with Gasteiger partial charge in [-0.1, -0.05) is 33.6 Å². The lowest BCUT2D eigenvalue weighted by Gasteiger charge is -2.20. The Kier molecular flexibility index (Phi) is 8.92. The van der Waals surface area contributed by atoms with E-state index in [-0.39, 0.29) is 18.1 Å². The molecule has 0 heterocycles. The molecule has 1 aliphatic rings. The number of likely N-dealkylation sites (N-methyl/N-ethyl adjacent to an activating group) is 1. The molecule has 5 nitrogen and oxygen atoms in total. The smallest absolute Gasteiger partial charge is 0.253 e. The zero-order chi connectivity index (χ0) is 18.8. The summed E-state index contributed by atoms with van der Waals surface area (Å²) in [7, 11) is 0. The number of nitrogens with zero attached hydrogens (tertiary/aromatic N) is 1. The van der Waals surface area contributed by atoms with E-state index in [2.05, 4.69) is 24.1 Å². The Morgan fingerprint density at radius 1 is 1.15 bits per heavy atom. The SMILES string of the molecule is CCC(OC1CCCC1)C(=O)Nc1ccc(OCCN(CC)CC)cc1. The van der Waals surface area contributed by atoms with Crippen molar-refractivity contribution in [2.45, 2.75) is 65.1 Å². The van der Waals surface area contributed by atoms with E-state index in [1.54, 1.807) is 0 Å². The molecule has 1 atom stereocenters. The van der Waals surface area contributed by atoms with Crippen LogP contribution in [0, 0.1) is 0 Å². The summed E-state index contributed by atoms with van der Waals surface area (Å²) in [6, 6.07) is 7.56. The second-order valence-corrected chi connectivity index (χ2v) is 6.83. The van der Waals surface area contributed by atoms with Crippen LogP contribution in [0.25, 0.3) is 0 Å². The van der Waals surface area contributed by atoms with E-state index in [4.69, 9.17) is 9.47 Å². The van der Waals surface area contributed by atoms with Crippen molar-refractivity contribution in [1.82, 2.24) is 4.90 Å². The summed E-state index contributed by atoms with van der Waals surface area (Å²) in [5.74, 6) is 0.763. The molecule has 0 spiro atoms. The number of amides is 1. The molecule has 0 radical (unpaired) electrons. The summed E-state index contributed by atoms with van der Waals surface area (Å²) in [6.45, 7) is 9.95. The fraction of sp³-hybridized carbons (Fsp3) is 0.667. The molecule has 0 saturated heterocycles. The van der Waals surface area contributed by atoms with E-state index in [1.807, 2.05) is 31.2 Å². The molecule has 1 amide bonds. The molecule has 1 saturated carbocycles. The van der Waals surface area contributed by atoms with Crippen LogP contribution >= 0.6 is 0 Å². The molecular weight excluding hydrogens is 328 g/mol. The molecule has 1 aromatic carbocycles. The maximum absolute atomic E-state index is 12.5. The number of hydrogen-bond donors (Lipinski definition) is 1. The Morgan fingerprint density at radius 3 is 2.38 bits per heavy atom. The minimum absolute atomic E-state index is 0.0606. The van der Waals surface area contributed by atoms with Crippen molar-refractivity contribution in [3.05, 3.63) is 24.3 Å². The van der Waals surface area contributed by atoms with E-state index < -0.39 is 0 Å². The molecule has 1 N–H and O–H groups in total. The standard InChI is InChI=1S/C21H34N2O3/c1-4-20(26-19-9-7-8-10-19)21(24)22-17-11-13-18(14-12-17)25-16-15-23(5-2)6-3/h11-14,19-20H,4-10,15-16H2,1-3H3,(H,22,24). The van der Waals surface area contributed by atoms with Gasteiger partial charge in [0.05, 0.1) is 6.10 Å². The fourth-order valence-electron chi connectivity index (χ4n) is 3.29. The van der Waals surface area contributed by atoms with Crippen LogP contribution in [0.3, 0.4) is 0 Å². The first-order valence-corrected chi connectivity index (χ1v) is 10.1. The number of benzene rings is 1. The largest absolute Gasteiger partial charge is 0.492 e. The van der Waals surface area contributed by atoms with Crippen molar-refractivity contribution in [3.8, 4) is 5.75 Å². The molecular formula is C21H34N2O3. The van der Waals surface area contributed by atoms with Crippen molar-refractivity contribution in [3.63, 3.8) is 0 Å². The lowest BCUT2D eigenvalue weighted by Crippen LogP contribution is -2.32. The highest BCUT2D eigenvalue weighted by molar-refractivity contribution is 5.94. The lowest BCUT2D eigenvalue weighted by molar-refractivity contribution is -0.131. The Bertz CT molecular complexity index is 523.